The van der Waals surface area contributed by atoms with Crippen LogP contribution in [0.3, 0.4) is 0 Å². The summed E-state index contributed by atoms with van der Waals surface area (Å²) in [6, 6.07) is 0.675. The van der Waals surface area contributed by atoms with Gasteiger partial charge in [0, 0.05) is 19.6 Å². The van der Waals surface area contributed by atoms with Crippen LogP contribution in [0.15, 0.2) is 4.99 Å². The van der Waals surface area contributed by atoms with Gasteiger partial charge in [-0.2, -0.15) is 0 Å². The van der Waals surface area contributed by atoms with E-state index in [-0.39, 0.29) is 24.0 Å². The van der Waals surface area contributed by atoms with Gasteiger partial charge >= 0.3 is 0 Å². The summed E-state index contributed by atoms with van der Waals surface area (Å²) < 4.78 is 0. The maximum absolute atomic E-state index is 5.99. The molecule has 2 saturated carbocycles. The first-order chi connectivity index (χ1) is 7.66. The molecule has 0 spiro atoms. The van der Waals surface area contributed by atoms with Crippen molar-refractivity contribution in [3.63, 3.8) is 0 Å². The zero-order valence-corrected chi connectivity index (χ0v) is 13.4. The molecule has 2 aliphatic carbocycles. The molecule has 2 N–H and O–H groups in total. The summed E-state index contributed by atoms with van der Waals surface area (Å²) in [6.07, 6.45) is 8.02. The van der Waals surface area contributed by atoms with Crippen molar-refractivity contribution in [3.05, 3.63) is 0 Å². The van der Waals surface area contributed by atoms with Crippen LogP contribution in [0.5, 0.6) is 0 Å². The third-order valence-electron chi connectivity index (χ3n) is 4.01. The van der Waals surface area contributed by atoms with Gasteiger partial charge in [0.1, 0.15) is 0 Å². The summed E-state index contributed by atoms with van der Waals surface area (Å²) in [5.74, 6) is 2.41. The number of hydrogen-bond acceptors (Lipinski definition) is 1. The van der Waals surface area contributed by atoms with Crippen LogP contribution in [0.4, 0.5) is 0 Å². The number of nitrogens with two attached hydrogens (primary N) is 1. The van der Waals surface area contributed by atoms with Crippen LogP contribution in [0, 0.1) is 11.8 Å². The van der Waals surface area contributed by atoms with Crippen molar-refractivity contribution in [2.24, 2.45) is 22.6 Å². The van der Waals surface area contributed by atoms with Crippen molar-refractivity contribution < 1.29 is 0 Å². The van der Waals surface area contributed by atoms with Gasteiger partial charge in [-0.25, -0.2) is 0 Å². The van der Waals surface area contributed by atoms with E-state index in [0.29, 0.717) is 6.04 Å². The Labute approximate surface area is 122 Å². The van der Waals surface area contributed by atoms with Crippen LogP contribution in [0.2, 0.25) is 0 Å². The van der Waals surface area contributed by atoms with Crippen molar-refractivity contribution in [1.29, 1.82) is 0 Å². The molecule has 2 unspecified atom stereocenters. The Kier molecular flexibility index (Phi) is 6.03. The van der Waals surface area contributed by atoms with Gasteiger partial charge in [-0.3, -0.25) is 4.99 Å². The third-order valence-corrected chi connectivity index (χ3v) is 4.01. The number of hydrogen-bond donors (Lipinski definition) is 1. The van der Waals surface area contributed by atoms with Crippen LogP contribution in [0.25, 0.3) is 0 Å². The molecule has 2 atom stereocenters. The van der Waals surface area contributed by atoms with E-state index in [2.05, 4.69) is 23.9 Å². The first-order valence-corrected chi connectivity index (χ1v) is 6.69. The van der Waals surface area contributed by atoms with Crippen molar-refractivity contribution in [1.82, 2.24) is 4.90 Å². The zero-order chi connectivity index (χ0) is 11.5. The van der Waals surface area contributed by atoms with Gasteiger partial charge < -0.3 is 10.6 Å². The van der Waals surface area contributed by atoms with Crippen molar-refractivity contribution >= 4 is 29.9 Å². The largest absolute Gasteiger partial charge is 0.370 e. The molecule has 0 aromatic rings. The van der Waals surface area contributed by atoms with Gasteiger partial charge in [0.25, 0.3) is 0 Å². The Bertz CT molecular complexity index is 263. The van der Waals surface area contributed by atoms with Gasteiger partial charge in [-0.1, -0.05) is 19.8 Å². The number of rotatable bonds is 3. The van der Waals surface area contributed by atoms with E-state index in [4.69, 9.17) is 5.73 Å². The molecule has 0 aliphatic heterocycles. The predicted molar refractivity (Wildman–Crippen MR) is 83.8 cm³/mol. The number of guanidine groups is 1. The minimum atomic E-state index is 0. The molecule has 2 fully saturated rings. The molecule has 0 radical (unpaired) electrons. The maximum atomic E-state index is 5.99. The molecule has 4 heteroatoms. The van der Waals surface area contributed by atoms with Crippen LogP contribution in [-0.2, 0) is 0 Å². The van der Waals surface area contributed by atoms with E-state index < -0.39 is 0 Å². The number of nitrogens with zero attached hydrogens (tertiary/aromatic N) is 2. The lowest BCUT2D eigenvalue weighted by Crippen LogP contribution is -2.36. The Hall–Kier alpha value is 0. The van der Waals surface area contributed by atoms with Crippen molar-refractivity contribution in [3.8, 4) is 0 Å². The molecule has 0 bridgehead atoms. The summed E-state index contributed by atoms with van der Waals surface area (Å²) in [4.78, 5) is 6.71. The molecule has 0 saturated heterocycles. The third kappa shape index (κ3) is 4.64. The van der Waals surface area contributed by atoms with E-state index >= 15 is 0 Å². The highest BCUT2D eigenvalue weighted by Crippen LogP contribution is 2.29. The SMILES string of the molecule is CC1CCCC(CN=C(N)N(C)C2CC2)C1.I. The fraction of sp³-hybridized carbons (Fsp3) is 0.923. The number of aliphatic imine (C=N–C) groups is 1. The smallest absolute Gasteiger partial charge is 0.191 e. The van der Waals surface area contributed by atoms with Crippen LogP contribution in [-0.4, -0.2) is 30.5 Å². The Morgan fingerprint density at radius 1 is 1.29 bits per heavy atom. The molecule has 0 aromatic heterocycles. The monoisotopic (exact) mass is 351 g/mol. The predicted octanol–water partition coefficient (Wildman–Crippen LogP) is 2.84. The first kappa shape index (κ1) is 15.1. The molecular formula is C13H26IN3. The molecule has 100 valence electrons. The molecule has 2 rings (SSSR count). The summed E-state index contributed by atoms with van der Waals surface area (Å²) in [6.45, 7) is 3.29. The summed E-state index contributed by atoms with van der Waals surface area (Å²) in [5.41, 5.74) is 5.99. The maximum Gasteiger partial charge on any atom is 0.191 e. The lowest BCUT2D eigenvalue weighted by molar-refractivity contribution is 0.288. The molecule has 0 heterocycles. The highest BCUT2D eigenvalue weighted by atomic mass is 127. The van der Waals surface area contributed by atoms with Gasteiger partial charge in [-0.15, -0.1) is 24.0 Å². The highest BCUT2D eigenvalue weighted by molar-refractivity contribution is 14.0. The van der Waals surface area contributed by atoms with Gasteiger partial charge in [-0.05, 0) is 37.5 Å². The first-order valence-electron chi connectivity index (χ1n) is 6.69. The van der Waals surface area contributed by atoms with E-state index in [1.165, 1.54) is 38.5 Å². The summed E-state index contributed by atoms with van der Waals surface area (Å²) >= 11 is 0. The average Bonchev–Trinajstić information content (AvgIpc) is 3.09. The van der Waals surface area contributed by atoms with E-state index in [0.717, 1.165) is 24.3 Å². The molecule has 0 amide bonds. The second kappa shape index (κ2) is 6.81. The Morgan fingerprint density at radius 2 is 2.00 bits per heavy atom. The van der Waals surface area contributed by atoms with Crippen LogP contribution in [0.1, 0.15) is 45.4 Å². The van der Waals surface area contributed by atoms with Crippen molar-refractivity contribution in [2.75, 3.05) is 13.6 Å². The van der Waals surface area contributed by atoms with Crippen LogP contribution >= 0.6 is 24.0 Å². The normalized spacial score (nSPS) is 29.6. The van der Waals surface area contributed by atoms with Crippen LogP contribution < -0.4 is 5.73 Å². The lowest BCUT2D eigenvalue weighted by Gasteiger charge is -2.26. The zero-order valence-electron chi connectivity index (χ0n) is 11.1. The Morgan fingerprint density at radius 3 is 2.59 bits per heavy atom. The second-order valence-corrected chi connectivity index (χ2v) is 5.68. The van der Waals surface area contributed by atoms with Crippen molar-refractivity contribution in [2.45, 2.75) is 51.5 Å². The molecule has 17 heavy (non-hydrogen) atoms. The van der Waals surface area contributed by atoms with E-state index in [1.807, 2.05) is 0 Å². The summed E-state index contributed by atoms with van der Waals surface area (Å²) in [7, 11) is 2.07. The molecule has 2 aliphatic rings. The molecule has 3 nitrogen and oxygen atoms in total. The lowest BCUT2D eigenvalue weighted by atomic mass is 9.82. The second-order valence-electron chi connectivity index (χ2n) is 5.68. The van der Waals surface area contributed by atoms with Gasteiger partial charge in [0.15, 0.2) is 5.96 Å². The number of halogens is 1. The van der Waals surface area contributed by atoms with Gasteiger partial charge in [0.2, 0.25) is 0 Å². The van der Waals surface area contributed by atoms with E-state index in [9.17, 15) is 0 Å². The Balaban J connectivity index is 0.00000144. The summed E-state index contributed by atoms with van der Waals surface area (Å²) in [5, 5.41) is 0. The van der Waals surface area contributed by atoms with Gasteiger partial charge in [0.05, 0.1) is 0 Å². The average molecular weight is 351 g/mol. The van der Waals surface area contributed by atoms with E-state index in [1.54, 1.807) is 0 Å². The molecular weight excluding hydrogens is 325 g/mol. The fourth-order valence-corrected chi connectivity index (χ4v) is 2.71. The quantitative estimate of drug-likeness (QED) is 0.483. The topological polar surface area (TPSA) is 41.6 Å². The standard InChI is InChI=1S/C13H25N3.HI/c1-10-4-3-5-11(8-10)9-15-13(14)16(2)12-6-7-12;/h10-12H,3-9H2,1-2H3,(H2,14,15);1H. The molecule has 0 aromatic carbocycles. The minimum Gasteiger partial charge on any atom is -0.370 e. The minimum absolute atomic E-state index is 0. The highest BCUT2D eigenvalue weighted by Gasteiger charge is 2.27. The fourth-order valence-electron chi connectivity index (χ4n) is 2.71.